The molecule has 0 fully saturated rings. The number of amides is 1. The quantitative estimate of drug-likeness (QED) is 0.601. The molecule has 0 radical (unpaired) electrons. The van der Waals surface area contributed by atoms with Crippen LogP contribution in [-0.2, 0) is 4.74 Å². The molecule has 0 bridgehead atoms. The van der Waals surface area contributed by atoms with Crippen molar-refractivity contribution in [1.82, 2.24) is 15.1 Å². The molecule has 0 saturated heterocycles. The van der Waals surface area contributed by atoms with Crippen LogP contribution in [0.1, 0.15) is 34.1 Å². The van der Waals surface area contributed by atoms with Crippen LogP contribution in [-0.4, -0.2) is 53.5 Å². The molecule has 2 heterocycles. The third-order valence-electron chi connectivity index (χ3n) is 5.16. The monoisotopic (exact) mass is 393 g/mol. The number of hydrogen-bond donors (Lipinski definition) is 2. The number of carbonyl (C=O) groups is 1. The van der Waals surface area contributed by atoms with Crippen molar-refractivity contribution in [1.29, 1.82) is 0 Å². The lowest BCUT2D eigenvalue weighted by molar-refractivity contribution is 0.0723. The van der Waals surface area contributed by atoms with Gasteiger partial charge < -0.3 is 19.5 Å². The zero-order valence-corrected chi connectivity index (χ0v) is 16.4. The summed E-state index contributed by atoms with van der Waals surface area (Å²) in [5, 5.41) is 17.1. The molecule has 0 aliphatic carbocycles. The first-order chi connectivity index (χ1) is 14.1. The number of ether oxygens (including phenoxy) is 2. The Balaban J connectivity index is 1.81. The third kappa shape index (κ3) is 3.45. The number of H-pyrrole nitrogens is 1. The second kappa shape index (κ2) is 7.97. The fraction of sp³-hybridized carbons (Fsp3) is 0.273. The molecule has 1 unspecified atom stereocenters. The summed E-state index contributed by atoms with van der Waals surface area (Å²) < 4.78 is 10.5. The second-order valence-electron chi connectivity index (χ2n) is 6.93. The number of methoxy groups -OCH3 is 2. The molecule has 29 heavy (non-hydrogen) atoms. The van der Waals surface area contributed by atoms with Crippen LogP contribution in [0.5, 0.6) is 11.5 Å². The lowest BCUT2D eigenvalue weighted by Crippen LogP contribution is -2.31. The number of nitrogens with zero attached hydrogens (tertiary/aromatic N) is 2. The highest BCUT2D eigenvalue weighted by Crippen LogP contribution is 2.43. The number of benzene rings is 2. The van der Waals surface area contributed by atoms with Gasteiger partial charge in [0.15, 0.2) is 0 Å². The summed E-state index contributed by atoms with van der Waals surface area (Å²) in [6.07, 6.45) is 0.725. The normalized spacial score (nSPS) is 15.6. The van der Waals surface area contributed by atoms with E-state index >= 15 is 0 Å². The molecule has 0 spiro atoms. The van der Waals surface area contributed by atoms with Crippen LogP contribution in [0.25, 0.3) is 11.3 Å². The van der Waals surface area contributed by atoms with E-state index in [1.165, 1.54) is 0 Å². The molecule has 2 aromatic carbocycles. The average molecular weight is 393 g/mol. The molecule has 1 atom stereocenters. The van der Waals surface area contributed by atoms with E-state index in [1.807, 2.05) is 41.3 Å². The summed E-state index contributed by atoms with van der Waals surface area (Å²) in [4.78, 5) is 15.0. The van der Waals surface area contributed by atoms with Crippen LogP contribution in [0.15, 0.2) is 48.5 Å². The maximum absolute atomic E-state index is 13.1. The van der Waals surface area contributed by atoms with Gasteiger partial charge in [0.2, 0.25) is 0 Å². The standard InChI is InChI=1S/C22H23N3O4/c1-28-12-4-11-25-21(14-7-9-16(26)10-8-14)18-19(23-24-20(18)22(25)27)15-5-3-6-17(13-15)29-2/h3,5-10,13,21,26H,4,11-12H2,1-2H3,(H,23,24). The van der Waals surface area contributed by atoms with E-state index < -0.39 is 0 Å². The fourth-order valence-electron chi connectivity index (χ4n) is 3.80. The zero-order chi connectivity index (χ0) is 20.4. The molecule has 150 valence electrons. The molecule has 2 N–H and O–H groups in total. The van der Waals surface area contributed by atoms with Gasteiger partial charge in [-0.3, -0.25) is 9.89 Å². The van der Waals surface area contributed by atoms with Gasteiger partial charge in [-0.2, -0.15) is 5.10 Å². The Morgan fingerprint density at radius 3 is 2.69 bits per heavy atom. The Labute approximate surface area is 168 Å². The van der Waals surface area contributed by atoms with Crippen LogP contribution in [0.4, 0.5) is 0 Å². The molecular formula is C22H23N3O4. The number of phenolic OH excluding ortho intramolecular Hbond substituents is 1. The van der Waals surface area contributed by atoms with Crippen molar-refractivity contribution in [2.75, 3.05) is 27.4 Å². The molecular weight excluding hydrogens is 370 g/mol. The largest absolute Gasteiger partial charge is 0.508 e. The van der Waals surface area contributed by atoms with Crippen molar-refractivity contribution in [2.24, 2.45) is 0 Å². The third-order valence-corrected chi connectivity index (χ3v) is 5.16. The van der Waals surface area contributed by atoms with Crippen molar-refractivity contribution in [3.05, 3.63) is 65.4 Å². The van der Waals surface area contributed by atoms with E-state index in [2.05, 4.69) is 10.2 Å². The van der Waals surface area contributed by atoms with Crippen molar-refractivity contribution in [3.8, 4) is 22.8 Å². The van der Waals surface area contributed by atoms with E-state index in [9.17, 15) is 9.90 Å². The summed E-state index contributed by atoms with van der Waals surface area (Å²) >= 11 is 0. The van der Waals surface area contributed by atoms with Gasteiger partial charge in [0.1, 0.15) is 17.2 Å². The van der Waals surface area contributed by atoms with Gasteiger partial charge in [-0.15, -0.1) is 0 Å². The zero-order valence-electron chi connectivity index (χ0n) is 16.4. The molecule has 1 amide bonds. The van der Waals surface area contributed by atoms with Gasteiger partial charge in [0.25, 0.3) is 5.91 Å². The Kier molecular flexibility index (Phi) is 5.22. The minimum Gasteiger partial charge on any atom is -0.508 e. The lowest BCUT2D eigenvalue weighted by atomic mass is 9.96. The SMILES string of the molecule is COCCCN1C(=O)c2[nH]nc(-c3cccc(OC)c3)c2C1c1ccc(O)cc1. The van der Waals surface area contributed by atoms with E-state index in [0.29, 0.717) is 18.8 Å². The topological polar surface area (TPSA) is 87.7 Å². The summed E-state index contributed by atoms with van der Waals surface area (Å²) in [6.45, 7) is 1.12. The Hall–Kier alpha value is -3.32. The lowest BCUT2D eigenvalue weighted by Gasteiger charge is -2.26. The van der Waals surface area contributed by atoms with Gasteiger partial charge in [0, 0.05) is 31.4 Å². The molecule has 0 saturated carbocycles. The molecule has 1 aromatic heterocycles. The average Bonchev–Trinajstić information content (AvgIpc) is 3.29. The van der Waals surface area contributed by atoms with Crippen molar-refractivity contribution < 1.29 is 19.4 Å². The first kappa shape index (κ1) is 19.0. The highest BCUT2D eigenvalue weighted by atomic mass is 16.5. The second-order valence-corrected chi connectivity index (χ2v) is 6.93. The molecule has 3 aromatic rings. The Morgan fingerprint density at radius 1 is 1.17 bits per heavy atom. The number of rotatable bonds is 7. The summed E-state index contributed by atoms with van der Waals surface area (Å²) in [5.74, 6) is 0.821. The minimum atomic E-state index is -0.296. The summed E-state index contributed by atoms with van der Waals surface area (Å²) in [6, 6.07) is 14.3. The van der Waals surface area contributed by atoms with Gasteiger partial charge in [0.05, 0.1) is 18.8 Å². The number of fused-ring (bicyclic) bond motifs is 1. The minimum absolute atomic E-state index is 0.0872. The molecule has 1 aliphatic rings. The van der Waals surface area contributed by atoms with E-state index in [1.54, 1.807) is 26.4 Å². The van der Waals surface area contributed by atoms with E-state index in [0.717, 1.165) is 34.6 Å². The number of hydrogen-bond acceptors (Lipinski definition) is 5. The number of carbonyl (C=O) groups excluding carboxylic acids is 1. The van der Waals surface area contributed by atoms with Crippen LogP contribution in [0, 0.1) is 0 Å². The molecule has 4 rings (SSSR count). The number of aromatic hydroxyl groups is 1. The molecule has 7 nitrogen and oxygen atoms in total. The number of nitrogens with one attached hydrogen (secondary N) is 1. The molecule has 7 heteroatoms. The number of aromatic nitrogens is 2. The maximum Gasteiger partial charge on any atom is 0.273 e. The highest BCUT2D eigenvalue weighted by Gasteiger charge is 2.41. The Morgan fingerprint density at radius 2 is 1.97 bits per heavy atom. The number of phenols is 1. The summed E-state index contributed by atoms with van der Waals surface area (Å²) in [5.41, 5.74) is 3.85. The Bertz CT molecular complexity index is 1010. The van der Waals surface area contributed by atoms with Gasteiger partial charge >= 0.3 is 0 Å². The van der Waals surface area contributed by atoms with E-state index in [-0.39, 0.29) is 17.7 Å². The highest BCUT2D eigenvalue weighted by molar-refractivity contribution is 6.00. The predicted octanol–water partition coefficient (Wildman–Crippen LogP) is 3.37. The van der Waals surface area contributed by atoms with Crippen LogP contribution >= 0.6 is 0 Å². The van der Waals surface area contributed by atoms with Crippen LogP contribution in [0.2, 0.25) is 0 Å². The first-order valence-electron chi connectivity index (χ1n) is 9.45. The number of aromatic amines is 1. The predicted molar refractivity (Wildman–Crippen MR) is 108 cm³/mol. The summed E-state index contributed by atoms with van der Waals surface area (Å²) in [7, 11) is 3.27. The smallest absolute Gasteiger partial charge is 0.273 e. The molecule has 1 aliphatic heterocycles. The first-order valence-corrected chi connectivity index (χ1v) is 9.45. The van der Waals surface area contributed by atoms with Crippen molar-refractivity contribution in [3.63, 3.8) is 0 Å². The van der Waals surface area contributed by atoms with E-state index in [4.69, 9.17) is 9.47 Å². The van der Waals surface area contributed by atoms with Crippen molar-refractivity contribution in [2.45, 2.75) is 12.5 Å². The fourth-order valence-corrected chi connectivity index (χ4v) is 3.80. The van der Waals surface area contributed by atoms with Gasteiger partial charge in [-0.05, 0) is 36.2 Å². The van der Waals surface area contributed by atoms with Gasteiger partial charge in [-0.25, -0.2) is 0 Å². The van der Waals surface area contributed by atoms with Crippen molar-refractivity contribution >= 4 is 5.91 Å². The van der Waals surface area contributed by atoms with Crippen LogP contribution < -0.4 is 4.74 Å². The maximum atomic E-state index is 13.1. The van der Waals surface area contributed by atoms with Gasteiger partial charge in [-0.1, -0.05) is 24.3 Å². The van der Waals surface area contributed by atoms with Crippen LogP contribution in [0.3, 0.4) is 0 Å².